The van der Waals surface area contributed by atoms with Crippen molar-refractivity contribution in [2.45, 2.75) is 12.5 Å². The lowest BCUT2D eigenvalue weighted by atomic mass is 10.2. The van der Waals surface area contributed by atoms with Gasteiger partial charge in [0.1, 0.15) is 11.3 Å². The van der Waals surface area contributed by atoms with Crippen LogP contribution in [0.1, 0.15) is 17.4 Å². The molecule has 0 aliphatic heterocycles. The number of fused-ring (bicyclic) bond motifs is 1. The summed E-state index contributed by atoms with van der Waals surface area (Å²) in [4.78, 5) is 4.87. The molecule has 2 aromatic rings. The van der Waals surface area contributed by atoms with E-state index in [1.807, 2.05) is 12.1 Å². The third-order valence-corrected chi connectivity index (χ3v) is 3.37. The molecule has 2 rings (SSSR count). The van der Waals surface area contributed by atoms with Crippen LogP contribution in [0.3, 0.4) is 0 Å². The zero-order chi connectivity index (χ0) is 10.8. The second-order valence-electron chi connectivity index (χ2n) is 3.04. The van der Waals surface area contributed by atoms with Crippen molar-refractivity contribution in [1.82, 2.24) is 4.98 Å². The van der Waals surface area contributed by atoms with Gasteiger partial charge in [0.2, 0.25) is 0 Å². The van der Waals surface area contributed by atoms with Crippen molar-refractivity contribution >= 4 is 33.2 Å². The van der Waals surface area contributed by atoms with Crippen molar-refractivity contribution in [1.29, 1.82) is 5.26 Å². The Hall–Kier alpha value is -1.15. The predicted molar refractivity (Wildman–Crippen MR) is 59.8 cm³/mol. The van der Waals surface area contributed by atoms with Crippen LogP contribution in [0.4, 0.5) is 0 Å². The monoisotopic (exact) mass is 238 g/mol. The minimum Gasteiger partial charge on any atom is -0.386 e. The summed E-state index contributed by atoms with van der Waals surface area (Å²) in [5.74, 6) is 0. The number of aliphatic hydroxyl groups excluding tert-OH is 1. The molecule has 0 aromatic carbocycles. The summed E-state index contributed by atoms with van der Waals surface area (Å²) in [6.45, 7) is 0. The number of hydrogen-bond donors (Lipinski definition) is 1. The van der Waals surface area contributed by atoms with Crippen molar-refractivity contribution in [3.05, 3.63) is 28.2 Å². The van der Waals surface area contributed by atoms with Gasteiger partial charge in [-0.2, -0.15) is 5.26 Å². The molecule has 2 heterocycles. The van der Waals surface area contributed by atoms with Crippen LogP contribution in [0.2, 0.25) is 5.15 Å². The lowest BCUT2D eigenvalue weighted by Gasteiger charge is -1.99. The molecule has 1 atom stereocenters. The Morgan fingerprint density at radius 1 is 1.60 bits per heavy atom. The van der Waals surface area contributed by atoms with E-state index >= 15 is 0 Å². The van der Waals surface area contributed by atoms with E-state index in [2.05, 4.69) is 4.98 Å². The minimum absolute atomic E-state index is 0.0978. The van der Waals surface area contributed by atoms with E-state index in [1.165, 1.54) is 11.3 Å². The summed E-state index contributed by atoms with van der Waals surface area (Å²) in [6, 6.07) is 7.27. The van der Waals surface area contributed by atoms with Gasteiger partial charge in [0.15, 0.2) is 0 Å². The van der Waals surface area contributed by atoms with Crippen molar-refractivity contribution in [3.8, 4) is 6.07 Å². The molecule has 0 saturated carbocycles. The van der Waals surface area contributed by atoms with Gasteiger partial charge in [-0.1, -0.05) is 11.6 Å². The van der Waals surface area contributed by atoms with Gasteiger partial charge < -0.3 is 5.11 Å². The molecule has 1 N–H and O–H groups in total. The number of halogens is 1. The quantitative estimate of drug-likeness (QED) is 0.819. The van der Waals surface area contributed by atoms with E-state index in [1.54, 1.807) is 12.1 Å². The van der Waals surface area contributed by atoms with Gasteiger partial charge in [-0.15, -0.1) is 11.3 Å². The fourth-order valence-electron chi connectivity index (χ4n) is 1.27. The highest BCUT2D eigenvalue weighted by Gasteiger charge is 2.11. The third kappa shape index (κ3) is 2.10. The number of rotatable bonds is 2. The molecule has 2 aromatic heterocycles. The first kappa shape index (κ1) is 10.4. The zero-order valence-corrected chi connectivity index (χ0v) is 9.22. The fourth-order valence-corrected chi connectivity index (χ4v) is 2.41. The minimum atomic E-state index is -0.729. The second-order valence-corrected chi connectivity index (χ2v) is 4.55. The normalized spacial score (nSPS) is 12.6. The molecule has 0 saturated heterocycles. The van der Waals surface area contributed by atoms with Gasteiger partial charge in [-0.3, -0.25) is 0 Å². The molecule has 0 fully saturated rings. The van der Waals surface area contributed by atoms with E-state index < -0.39 is 6.10 Å². The number of pyridine rings is 1. The first-order chi connectivity index (χ1) is 7.20. The Labute approximate surface area is 95.6 Å². The summed E-state index contributed by atoms with van der Waals surface area (Å²) in [6.07, 6.45) is -0.631. The maximum absolute atomic E-state index is 9.62. The molecular formula is C10H7ClN2OS. The average molecular weight is 239 g/mol. The van der Waals surface area contributed by atoms with Crippen LogP contribution in [-0.2, 0) is 0 Å². The van der Waals surface area contributed by atoms with Crippen LogP contribution >= 0.6 is 22.9 Å². The van der Waals surface area contributed by atoms with Crippen molar-refractivity contribution in [3.63, 3.8) is 0 Å². The molecular weight excluding hydrogens is 232 g/mol. The van der Waals surface area contributed by atoms with Crippen LogP contribution in [0.15, 0.2) is 18.2 Å². The van der Waals surface area contributed by atoms with Crippen LogP contribution in [0.5, 0.6) is 0 Å². The fraction of sp³-hybridized carbons (Fsp3) is 0.200. The van der Waals surface area contributed by atoms with Crippen molar-refractivity contribution < 1.29 is 5.11 Å². The summed E-state index contributed by atoms with van der Waals surface area (Å²) >= 11 is 7.18. The first-order valence-corrected chi connectivity index (χ1v) is 5.51. The topological polar surface area (TPSA) is 56.9 Å². The van der Waals surface area contributed by atoms with Gasteiger partial charge in [0, 0.05) is 4.88 Å². The number of nitriles is 1. The highest BCUT2D eigenvalue weighted by atomic mass is 35.5. The molecule has 1 unspecified atom stereocenters. The number of nitrogens with zero attached hydrogens (tertiary/aromatic N) is 2. The molecule has 15 heavy (non-hydrogen) atoms. The molecule has 5 heteroatoms. The Bertz CT molecular complexity index is 532. The highest BCUT2D eigenvalue weighted by molar-refractivity contribution is 7.19. The van der Waals surface area contributed by atoms with Crippen molar-refractivity contribution in [2.24, 2.45) is 0 Å². The van der Waals surface area contributed by atoms with E-state index in [0.717, 1.165) is 15.1 Å². The molecule has 0 aliphatic carbocycles. The maximum atomic E-state index is 9.62. The Balaban J connectivity index is 2.43. The zero-order valence-electron chi connectivity index (χ0n) is 7.64. The molecule has 0 radical (unpaired) electrons. The Kier molecular flexibility index (Phi) is 2.87. The average Bonchev–Trinajstić information content (AvgIpc) is 2.60. The lowest BCUT2D eigenvalue weighted by molar-refractivity contribution is 0.187. The molecule has 0 aliphatic rings. The molecule has 76 valence electrons. The summed E-state index contributed by atoms with van der Waals surface area (Å²) in [5, 5.41) is 18.5. The number of thiophene rings is 1. The van der Waals surface area contributed by atoms with Gasteiger partial charge in [0.25, 0.3) is 0 Å². The van der Waals surface area contributed by atoms with Gasteiger partial charge in [0.05, 0.1) is 22.7 Å². The number of aromatic nitrogens is 1. The summed E-state index contributed by atoms with van der Waals surface area (Å²) in [5.41, 5.74) is 0.763. The highest BCUT2D eigenvalue weighted by Crippen LogP contribution is 2.30. The summed E-state index contributed by atoms with van der Waals surface area (Å²) < 4.78 is 0.964. The predicted octanol–water partition coefficient (Wildman–Crippen LogP) is 2.90. The van der Waals surface area contributed by atoms with Crippen LogP contribution < -0.4 is 0 Å². The molecule has 0 spiro atoms. The SMILES string of the molecule is N#CCC(O)c1cc2nc(Cl)ccc2s1. The van der Waals surface area contributed by atoms with Gasteiger partial charge in [-0.25, -0.2) is 4.98 Å². The van der Waals surface area contributed by atoms with E-state index in [-0.39, 0.29) is 6.42 Å². The third-order valence-electron chi connectivity index (χ3n) is 1.97. The smallest absolute Gasteiger partial charge is 0.129 e. The number of aliphatic hydroxyl groups is 1. The lowest BCUT2D eigenvalue weighted by Crippen LogP contribution is -1.91. The first-order valence-electron chi connectivity index (χ1n) is 4.31. The standard InChI is InChI=1S/C10H7ClN2OS/c11-10-2-1-8-6(13-10)5-9(15-8)7(14)3-4-12/h1-2,5,7,14H,3H2. The summed E-state index contributed by atoms with van der Waals surface area (Å²) in [7, 11) is 0. The molecule has 0 bridgehead atoms. The van der Waals surface area contributed by atoms with E-state index in [0.29, 0.717) is 5.15 Å². The largest absolute Gasteiger partial charge is 0.386 e. The Morgan fingerprint density at radius 2 is 2.40 bits per heavy atom. The number of hydrogen-bond acceptors (Lipinski definition) is 4. The molecule has 0 amide bonds. The van der Waals surface area contributed by atoms with E-state index in [9.17, 15) is 5.11 Å². The van der Waals surface area contributed by atoms with Crippen LogP contribution in [0.25, 0.3) is 10.2 Å². The molecule has 3 nitrogen and oxygen atoms in total. The van der Waals surface area contributed by atoms with Crippen LogP contribution in [0, 0.1) is 11.3 Å². The van der Waals surface area contributed by atoms with E-state index in [4.69, 9.17) is 16.9 Å². The van der Waals surface area contributed by atoms with Gasteiger partial charge in [-0.05, 0) is 18.2 Å². The second kappa shape index (κ2) is 4.15. The Morgan fingerprint density at radius 3 is 3.13 bits per heavy atom. The maximum Gasteiger partial charge on any atom is 0.129 e. The van der Waals surface area contributed by atoms with Gasteiger partial charge >= 0.3 is 0 Å². The van der Waals surface area contributed by atoms with Crippen molar-refractivity contribution in [2.75, 3.05) is 0 Å². The van der Waals surface area contributed by atoms with Crippen LogP contribution in [-0.4, -0.2) is 10.1 Å².